The number of hydrogen-bond acceptors (Lipinski definition) is 3. The van der Waals surface area contributed by atoms with E-state index in [0.717, 1.165) is 11.3 Å². The Morgan fingerprint density at radius 3 is 2.50 bits per heavy atom. The van der Waals surface area contributed by atoms with Crippen LogP contribution in [0.15, 0.2) is 54.6 Å². The number of aliphatic carboxylic acids is 1. The number of rotatable bonds is 9. The number of hydrogen-bond donors (Lipinski definition) is 2. The third kappa shape index (κ3) is 5.34. The minimum Gasteiger partial charge on any atom is -0.494 e. The van der Waals surface area contributed by atoms with E-state index in [2.05, 4.69) is 5.32 Å². The quantitative estimate of drug-likeness (QED) is 0.677. The van der Waals surface area contributed by atoms with Crippen molar-refractivity contribution in [2.24, 2.45) is 0 Å². The molecule has 1 amide bonds. The number of aryl methyl sites for hydroxylation is 1. The van der Waals surface area contributed by atoms with Crippen LogP contribution < -0.4 is 10.1 Å². The fourth-order valence-corrected chi connectivity index (χ4v) is 2.60. The highest BCUT2D eigenvalue weighted by molar-refractivity contribution is 5.83. The first-order chi connectivity index (χ1) is 12.4. The standard InChI is InChI=1S/C21H25NO4/c1-16-8-6-11-18(14-16)26-13-7-12-19(23)22-15-21(2,20(24)25)17-9-4-3-5-10-17/h3-6,8-11,14H,7,12-13,15H2,1-2H3,(H,22,23)(H,24,25). The summed E-state index contributed by atoms with van der Waals surface area (Å²) in [5.74, 6) is -0.360. The van der Waals surface area contributed by atoms with Crippen molar-refractivity contribution in [1.29, 1.82) is 0 Å². The van der Waals surface area contributed by atoms with Gasteiger partial charge in [-0.05, 0) is 43.5 Å². The second kappa shape index (κ2) is 9.04. The monoisotopic (exact) mass is 355 g/mol. The van der Waals surface area contributed by atoms with E-state index in [1.807, 2.05) is 37.3 Å². The Morgan fingerprint density at radius 1 is 1.12 bits per heavy atom. The predicted molar refractivity (Wildman–Crippen MR) is 100 cm³/mol. The number of amides is 1. The van der Waals surface area contributed by atoms with E-state index in [9.17, 15) is 14.7 Å². The molecule has 0 heterocycles. The molecule has 0 aliphatic rings. The molecule has 0 aromatic heterocycles. The van der Waals surface area contributed by atoms with Gasteiger partial charge in [0.25, 0.3) is 0 Å². The first-order valence-corrected chi connectivity index (χ1v) is 8.67. The molecule has 0 bridgehead atoms. The number of benzene rings is 2. The lowest BCUT2D eigenvalue weighted by Crippen LogP contribution is -2.44. The molecule has 0 fully saturated rings. The van der Waals surface area contributed by atoms with Crippen LogP contribution in [0, 0.1) is 6.92 Å². The molecule has 0 aliphatic carbocycles. The molecule has 26 heavy (non-hydrogen) atoms. The van der Waals surface area contributed by atoms with Crippen LogP contribution in [0.5, 0.6) is 5.75 Å². The minimum atomic E-state index is -1.16. The van der Waals surface area contributed by atoms with Gasteiger partial charge in [-0.2, -0.15) is 0 Å². The van der Waals surface area contributed by atoms with E-state index < -0.39 is 11.4 Å². The van der Waals surface area contributed by atoms with E-state index >= 15 is 0 Å². The summed E-state index contributed by atoms with van der Waals surface area (Å²) in [7, 11) is 0. The molecular weight excluding hydrogens is 330 g/mol. The van der Waals surface area contributed by atoms with Crippen molar-refractivity contribution in [3.8, 4) is 5.75 Å². The Labute approximate surface area is 154 Å². The zero-order chi connectivity index (χ0) is 19.0. The van der Waals surface area contributed by atoms with Crippen LogP contribution in [0.25, 0.3) is 0 Å². The average Bonchev–Trinajstić information content (AvgIpc) is 2.64. The molecule has 0 spiro atoms. The van der Waals surface area contributed by atoms with E-state index in [1.165, 1.54) is 0 Å². The van der Waals surface area contributed by atoms with E-state index in [0.29, 0.717) is 18.6 Å². The van der Waals surface area contributed by atoms with E-state index in [-0.39, 0.29) is 18.9 Å². The summed E-state index contributed by atoms with van der Waals surface area (Å²) >= 11 is 0. The number of ether oxygens (including phenoxy) is 1. The molecule has 2 aromatic rings. The van der Waals surface area contributed by atoms with Crippen LogP contribution in [0.4, 0.5) is 0 Å². The molecule has 2 rings (SSSR count). The Hall–Kier alpha value is -2.82. The average molecular weight is 355 g/mol. The highest BCUT2D eigenvalue weighted by atomic mass is 16.5. The number of carbonyl (C=O) groups is 2. The van der Waals surface area contributed by atoms with Gasteiger partial charge in [-0.3, -0.25) is 9.59 Å². The molecule has 2 aromatic carbocycles. The maximum atomic E-state index is 12.0. The van der Waals surface area contributed by atoms with E-state index in [1.54, 1.807) is 31.2 Å². The van der Waals surface area contributed by atoms with Crippen LogP contribution >= 0.6 is 0 Å². The maximum Gasteiger partial charge on any atom is 0.315 e. The lowest BCUT2D eigenvalue weighted by atomic mass is 9.82. The lowest BCUT2D eigenvalue weighted by Gasteiger charge is -2.25. The number of carboxylic acid groups (broad SMARTS) is 1. The van der Waals surface area contributed by atoms with Crippen molar-refractivity contribution in [3.63, 3.8) is 0 Å². The summed E-state index contributed by atoms with van der Waals surface area (Å²) in [6.07, 6.45) is 0.852. The highest BCUT2D eigenvalue weighted by Crippen LogP contribution is 2.23. The van der Waals surface area contributed by atoms with Gasteiger partial charge in [-0.25, -0.2) is 0 Å². The Kier molecular flexibility index (Phi) is 6.78. The summed E-state index contributed by atoms with van der Waals surface area (Å²) < 4.78 is 5.62. The molecule has 0 aliphatic heterocycles. The Bertz CT molecular complexity index is 745. The van der Waals surface area contributed by atoms with Crippen molar-refractivity contribution < 1.29 is 19.4 Å². The third-order valence-corrected chi connectivity index (χ3v) is 4.33. The van der Waals surface area contributed by atoms with Gasteiger partial charge in [0, 0.05) is 13.0 Å². The molecule has 5 heteroatoms. The fourth-order valence-electron chi connectivity index (χ4n) is 2.60. The molecule has 2 N–H and O–H groups in total. The van der Waals surface area contributed by atoms with Gasteiger partial charge in [0.15, 0.2) is 0 Å². The van der Waals surface area contributed by atoms with Crippen LogP contribution in [-0.2, 0) is 15.0 Å². The van der Waals surface area contributed by atoms with Gasteiger partial charge in [-0.1, -0.05) is 42.5 Å². The van der Waals surface area contributed by atoms with Crippen LogP contribution in [-0.4, -0.2) is 30.1 Å². The summed E-state index contributed by atoms with van der Waals surface area (Å²) in [6, 6.07) is 16.7. The molecule has 1 atom stereocenters. The molecule has 5 nitrogen and oxygen atoms in total. The topological polar surface area (TPSA) is 75.6 Å². The third-order valence-electron chi connectivity index (χ3n) is 4.33. The van der Waals surface area contributed by atoms with Gasteiger partial charge < -0.3 is 15.2 Å². The molecular formula is C21H25NO4. The first-order valence-electron chi connectivity index (χ1n) is 8.67. The largest absolute Gasteiger partial charge is 0.494 e. The molecule has 1 unspecified atom stereocenters. The van der Waals surface area contributed by atoms with Crippen LogP contribution in [0.1, 0.15) is 30.9 Å². The number of carbonyl (C=O) groups excluding carboxylic acids is 1. The smallest absolute Gasteiger partial charge is 0.315 e. The van der Waals surface area contributed by atoms with Gasteiger partial charge >= 0.3 is 5.97 Å². The second-order valence-electron chi connectivity index (χ2n) is 6.55. The summed E-state index contributed by atoms with van der Waals surface area (Å²) in [4.78, 5) is 23.8. The summed E-state index contributed by atoms with van der Waals surface area (Å²) in [5, 5.41) is 12.3. The van der Waals surface area contributed by atoms with Crippen molar-refractivity contribution in [2.45, 2.75) is 32.1 Å². The molecule has 0 saturated carbocycles. The zero-order valence-corrected chi connectivity index (χ0v) is 15.2. The maximum absolute atomic E-state index is 12.0. The number of carboxylic acids is 1. The van der Waals surface area contributed by atoms with Gasteiger partial charge in [0.05, 0.1) is 6.61 Å². The number of nitrogens with one attached hydrogen (secondary N) is 1. The van der Waals surface area contributed by atoms with Gasteiger partial charge in [0.1, 0.15) is 11.2 Å². The summed E-state index contributed by atoms with van der Waals surface area (Å²) in [5.41, 5.74) is 0.624. The SMILES string of the molecule is Cc1cccc(OCCCC(=O)NCC(C)(C(=O)O)c2ccccc2)c1. The van der Waals surface area contributed by atoms with Crippen molar-refractivity contribution >= 4 is 11.9 Å². The summed E-state index contributed by atoms with van der Waals surface area (Å²) in [6.45, 7) is 4.09. The fraction of sp³-hybridized carbons (Fsp3) is 0.333. The Balaban J connectivity index is 1.79. The molecule has 0 radical (unpaired) electrons. The van der Waals surface area contributed by atoms with Crippen molar-refractivity contribution in [1.82, 2.24) is 5.32 Å². The Morgan fingerprint density at radius 2 is 1.85 bits per heavy atom. The van der Waals surface area contributed by atoms with Gasteiger partial charge in [0.2, 0.25) is 5.91 Å². The molecule has 0 saturated heterocycles. The second-order valence-corrected chi connectivity index (χ2v) is 6.55. The van der Waals surface area contributed by atoms with E-state index in [4.69, 9.17) is 4.74 Å². The lowest BCUT2D eigenvalue weighted by molar-refractivity contribution is -0.143. The van der Waals surface area contributed by atoms with Crippen LogP contribution in [0.3, 0.4) is 0 Å². The zero-order valence-electron chi connectivity index (χ0n) is 15.2. The predicted octanol–water partition coefficient (Wildman–Crippen LogP) is 3.31. The first kappa shape index (κ1) is 19.5. The normalized spacial score (nSPS) is 12.8. The highest BCUT2D eigenvalue weighted by Gasteiger charge is 2.35. The minimum absolute atomic E-state index is 0.0456. The molecule has 138 valence electrons. The van der Waals surface area contributed by atoms with Crippen molar-refractivity contribution in [3.05, 3.63) is 65.7 Å². The van der Waals surface area contributed by atoms with Crippen molar-refractivity contribution in [2.75, 3.05) is 13.2 Å². The van der Waals surface area contributed by atoms with Gasteiger partial charge in [-0.15, -0.1) is 0 Å². The van der Waals surface area contributed by atoms with Crippen LogP contribution in [0.2, 0.25) is 0 Å².